The van der Waals surface area contributed by atoms with Gasteiger partial charge in [0.15, 0.2) is 0 Å². The van der Waals surface area contributed by atoms with Crippen LogP contribution in [0.5, 0.6) is 0 Å². The molecule has 1 amide bonds. The molecule has 0 aromatic heterocycles. The second kappa shape index (κ2) is 7.84. The summed E-state index contributed by atoms with van der Waals surface area (Å²) in [5, 5.41) is 0. The third-order valence-electron chi connectivity index (χ3n) is 2.70. The maximum Gasteiger partial charge on any atom is 0.313 e. The first kappa shape index (κ1) is 15.6. The Morgan fingerprint density at radius 1 is 1.26 bits per heavy atom. The number of amides is 1. The van der Waals surface area contributed by atoms with Crippen LogP contribution in [0.4, 0.5) is 0 Å². The third-order valence-corrected chi connectivity index (χ3v) is 3.72. The molecule has 0 N–H and O–H groups in total. The molecule has 1 rings (SSSR count). The molecule has 0 aliphatic carbocycles. The van der Waals surface area contributed by atoms with Gasteiger partial charge in [-0.1, -0.05) is 30.3 Å². The van der Waals surface area contributed by atoms with E-state index >= 15 is 0 Å². The molecule has 1 aromatic rings. The van der Waals surface area contributed by atoms with Gasteiger partial charge >= 0.3 is 5.97 Å². The van der Waals surface area contributed by atoms with Crippen LogP contribution >= 0.6 is 11.8 Å². The zero-order chi connectivity index (χ0) is 14.3. The molecule has 5 heteroatoms. The van der Waals surface area contributed by atoms with Gasteiger partial charge in [0, 0.05) is 19.8 Å². The molecular weight excluding hydrogens is 262 g/mol. The van der Waals surface area contributed by atoms with Crippen molar-refractivity contribution in [1.82, 2.24) is 4.90 Å². The number of benzene rings is 1. The summed E-state index contributed by atoms with van der Waals surface area (Å²) in [6, 6.07) is 9.48. The summed E-state index contributed by atoms with van der Waals surface area (Å²) in [7, 11) is 4.82. The zero-order valence-electron chi connectivity index (χ0n) is 11.5. The molecule has 0 spiro atoms. The lowest BCUT2D eigenvalue weighted by molar-refractivity contribution is -0.141. The fourth-order valence-electron chi connectivity index (χ4n) is 1.52. The predicted octanol–water partition coefficient (Wildman–Crippen LogP) is 1.76. The summed E-state index contributed by atoms with van der Waals surface area (Å²) in [4.78, 5) is 24.8. The quantitative estimate of drug-likeness (QED) is 0.746. The van der Waals surface area contributed by atoms with Crippen molar-refractivity contribution >= 4 is 23.6 Å². The Labute approximate surface area is 118 Å². The number of ether oxygens (including phenoxy) is 1. The zero-order valence-corrected chi connectivity index (χ0v) is 12.3. The Balaban J connectivity index is 2.62. The van der Waals surface area contributed by atoms with Crippen molar-refractivity contribution in [2.45, 2.75) is 5.92 Å². The molecule has 1 aromatic carbocycles. The van der Waals surface area contributed by atoms with Crippen molar-refractivity contribution in [1.29, 1.82) is 0 Å². The summed E-state index contributed by atoms with van der Waals surface area (Å²) in [5.74, 6) is 0.354. The number of nitrogens with zero attached hydrogens (tertiary/aromatic N) is 1. The van der Waals surface area contributed by atoms with Crippen molar-refractivity contribution in [3.8, 4) is 0 Å². The van der Waals surface area contributed by atoms with E-state index in [2.05, 4.69) is 0 Å². The molecule has 0 radical (unpaired) electrons. The molecule has 0 aliphatic heterocycles. The van der Waals surface area contributed by atoms with E-state index in [4.69, 9.17) is 4.74 Å². The van der Waals surface area contributed by atoms with Gasteiger partial charge in [-0.25, -0.2) is 0 Å². The molecule has 0 aliphatic rings. The van der Waals surface area contributed by atoms with Gasteiger partial charge in [0.05, 0.1) is 18.8 Å². The topological polar surface area (TPSA) is 46.6 Å². The van der Waals surface area contributed by atoms with E-state index in [1.807, 2.05) is 30.3 Å². The van der Waals surface area contributed by atoms with Crippen LogP contribution in [0.1, 0.15) is 11.5 Å². The lowest BCUT2D eigenvalue weighted by atomic mass is 10.0. The highest BCUT2D eigenvalue weighted by Crippen LogP contribution is 2.22. The largest absolute Gasteiger partial charge is 0.469 e. The van der Waals surface area contributed by atoms with Gasteiger partial charge in [-0.15, -0.1) is 0 Å². The standard InChI is InChI=1S/C14H19NO3S/c1-15(2)13(16)10-19-9-12(14(17)18-3)11-7-5-4-6-8-11/h4-8,12H,9-10H2,1-3H3. The SMILES string of the molecule is COC(=O)C(CSCC(=O)N(C)C)c1ccccc1. The Bertz CT molecular complexity index is 420. The number of rotatable bonds is 6. The maximum absolute atomic E-state index is 11.8. The van der Waals surface area contributed by atoms with E-state index in [-0.39, 0.29) is 17.8 Å². The number of methoxy groups -OCH3 is 1. The highest BCUT2D eigenvalue weighted by Gasteiger charge is 2.21. The average molecular weight is 281 g/mol. The molecule has 19 heavy (non-hydrogen) atoms. The smallest absolute Gasteiger partial charge is 0.313 e. The Hall–Kier alpha value is -1.49. The van der Waals surface area contributed by atoms with E-state index in [0.717, 1.165) is 5.56 Å². The molecule has 104 valence electrons. The summed E-state index contributed by atoms with van der Waals surface area (Å²) < 4.78 is 4.82. The van der Waals surface area contributed by atoms with Crippen LogP contribution in [0, 0.1) is 0 Å². The maximum atomic E-state index is 11.8. The highest BCUT2D eigenvalue weighted by molar-refractivity contribution is 8.00. The van der Waals surface area contributed by atoms with Gasteiger partial charge in [-0.3, -0.25) is 9.59 Å². The number of thioether (sulfide) groups is 1. The van der Waals surface area contributed by atoms with Crippen molar-refractivity contribution < 1.29 is 14.3 Å². The summed E-state index contributed by atoms with van der Waals surface area (Å²) in [6.07, 6.45) is 0. The first-order valence-electron chi connectivity index (χ1n) is 5.97. The second-order valence-corrected chi connectivity index (χ2v) is 5.32. The van der Waals surface area contributed by atoms with Crippen molar-refractivity contribution in [2.24, 2.45) is 0 Å². The number of esters is 1. The van der Waals surface area contributed by atoms with Crippen molar-refractivity contribution in [2.75, 3.05) is 32.7 Å². The Kier molecular flexibility index (Phi) is 6.42. The summed E-state index contributed by atoms with van der Waals surface area (Å²) in [5.41, 5.74) is 0.916. The minimum atomic E-state index is -0.328. The van der Waals surface area contributed by atoms with E-state index in [1.165, 1.54) is 18.9 Å². The minimum absolute atomic E-state index is 0.0432. The van der Waals surface area contributed by atoms with Crippen LogP contribution in [0.3, 0.4) is 0 Å². The van der Waals surface area contributed by atoms with Gasteiger partial charge < -0.3 is 9.64 Å². The molecule has 0 fully saturated rings. The third kappa shape index (κ3) is 4.95. The average Bonchev–Trinajstić information content (AvgIpc) is 2.43. The Morgan fingerprint density at radius 3 is 2.42 bits per heavy atom. The molecular formula is C14H19NO3S. The van der Waals surface area contributed by atoms with Crippen LogP contribution in [0.15, 0.2) is 30.3 Å². The minimum Gasteiger partial charge on any atom is -0.469 e. The van der Waals surface area contributed by atoms with Gasteiger partial charge in [-0.05, 0) is 5.56 Å². The molecule has 1 atom stereocenters. The predicted molar refractivity (Wildman–Crippen MR) is 77.2 cm³/mol. The Morgan fingerprint density at radius 2 is 1.89 bits per heavy atom. The van der Waals surface area contributed by atoms with Crippen LogP contribution < -0.4 is 0 Å². The number of carbonyl (C=O) groups excluding carboxylic acids is 2. The van der Waals surface area contributed by atoms with Crippen LogP contribution in [0.25, 0.3) is 0 Å². The lowest BCUT2D eigenvalue weighted by Gasteiger charge is -2.15. The molecule has 0 saturated carbocycles. The van der Waals surface area contributed by atoms with Crippen molar-refractivity contribution in [3.05, 3.63) is 35.9 Å². The monoisotopic (exact) mass is 281 g/mol. The first-order valence-corrected chi connectivity index (χ1v) is 7.12. The van der Waals surface area contributed by atoms with E-state index < -0.39 is 0 Å². The summed E-state index contributed by atoms with van der Waals surface area (Å²) in [6.45, 7) is 0. The highest BCUT2D eigenvalue weighted by atomic mass is 32.2. The molecule has 1 unspecified atom stereocenters. The van der Waals surface area contributed by atoms with E-state index in [1.54, 1.807) is 19.0 Å². The van der Waals surface area contributed by atoms with Crippen LogP contribution in [-0.2, 0) is 14.3 Å². The molecule has 0 heterocycles. The van der Waals surface area contributed by atoms with E-state index in [9.17, 15) is 9.59 Å². The van der Waals surface area contributed by atoms with Crippen LogP contribution in [0.2, 0.25) is 0 Å². The van der Waals surface area contributed by atoms with Crippen LogP contribution in [-0.4, -0.2) is 49.5 Å². The number of carbonyl (C=O) groups is 2. The molecule has 0 saturated heterocycles. The fraction of sp³-hybridized carbons (Fsp3) is 0.429. The molecule has 0 bridgehead atoms. The van der Waals surface area contributed by atoms with E-state index in [0.29, 0.717) is 11.5 Å². The first-order chi connectivity index (χ1) is 9.06. The molecule has 4 nitrogen and oxygen atoms in total. The van der Waals surface area contributed by atoms with Gasteiger partial charge in [-0.2, -0.15) is 11.8 Å². The number of hydrogen-bond donors (Lipinski definition) is 0. The lowest BCUT2D eigenvalue weighted by Crippen LogP contribution is -2.24. The van der Waals surface area contributed by atoms with Gasteiger partial charge in [0.25, 0.3) is 0 Å². The normalized spacial score (nSPS) is 11.7. The number of hydrogen-bond acceptors (Lipinski definition) is 4. The van der Waals surface area contributed by atoms with Gasteiger partial charge in [0.2, 0.25) is 5.91 Å². The second-order valence-electron chi connectivity index (χ2n) is 4.29. The fourth-order valence-corrected chi connectivity index (χ4v) is 2.64. The van der Waals surface area contributed by atoms with Crippen molar-refractivity contribution in [3.63, 3.8) is 0 Å². The summed E-state index contributed by atoms with van der Waals surface area (Å²) >= 11 is 1.44. The van der Waals surface area contributed by atoms with Gasteiger partial charge in [0.1, 0.15) is 0 Å².